The van der Waals surface area contributed by atoms with Crippen LogP contribution in [0.25, 0.3) is 0 Å². The second-order valence-corrected chi connectivity index (χ2v) is 5.31. The van der Waals surface area contributed by atoms with E-state index in [0.717, 1.165) is 4.88 Å². The van der Waals surface area contributed by atoms with Crippen LogP contribution in [-0.4, -0.2) is 15.0 Å². The van der Waals surface area contributed by atoms with Gasteiger partial charge in [0, 0.05) is 17.5 Å². The lowest BCUT2D eigenvalue weighted by Crippen LogP contribution is -2.07. The van der Waals surface area contributed by atoms with E-state index in [-0.39, 0.29) is 5.56 Å². The normalized spacial score (nSPS) is 10.6. The minimum absolute atomic E-state index is 0.134. The molecular formula is C9H8ClN3OS2. The van der Waals surface area contributed by atoms with Gasteiger partial charge in [0.1, 0.15) is 5.15 Å². The first-order valence-corrected chi connectivity index (χ1v) is 6.68. The van der Waals surface area contributed by atoms with Gasteiger partial charge >= 0.3 is 0 Å². The van der Waals surface area contributed by atoms with Gasteiger partial charge < -0.3 is 4.98 Å². The van der Waals surface area contributed by atoms with E-state index < -0.39 is 0 Å². The number of aromatic nitrogens is 3. The molecule has 1 N–H and O–H groups in total. The number of thioether (sulfide) groups is 1. The van der Waals surface area contributed by atoms with Gasteiger partial charge in [-0.1, -0.05) is 23.4 Å². The van der Waals surface area contributed by atoms with E-state index in [1.807, 2.05) is 0 Å². The molecular weight excluding hydrogens is 266 g/mol. The van der Waals surface area contributed by atoms with Crippen molar-refractivity contribution >= 4 is 34.7 Å². The smallest absolute Gasteiger partial charge is 0.251 e. The SMILES string of the molecule is Cc1cc(=O)[nH]c(SCc2scnc2Cl)n1. The molecule has 0 saturated carbocycles. The third kappa shape index (κ3) is 2.84. The van der Waals surface area contributed by atoms with Crippen molar-refractivity contribution in [3.8, 4) is 0 Å². The van der Waals surface area contributed by atoms with E-state index in [1.165, 1.54) is 29.2 Å². The minimum Gasteiger partial charge on any atom is -0.301 e. The van der Waals surface area contributed by atoms with Crippen LogP contribution in [0, 0.1) is 6.92 Å². The number of H-pyrrole nitrogens is 1. The standard InChI is InChI=1S/C9H8ClN3OS2/c1-5-2-7(14)13-9(12-5)15-3-6-8(10)11-4-16-6/h2,4H,3H2,1H3,(H,12,13,14). The molecule has 4 nitrogen and oxygen atoms in total. The summed E-state index contributed by atoms with van der Waals surface area (Å²) in [5.74, 6) is 0.663. The quantitative estimate of drug-likeness (QED) is 0.689. The van der Waals surface area contributed by atoms with E-state index in [2.05, 4.69) is 15.0 Å². The van der Waals surface area contributed by atoms with Crippen LogP contribution in [0.15, 0.2) is 21.5 Å². The maximum absolute atomic E-state index is 11.2. The molecule has 2 rings (SSSR count). The fourth-order valence-electron chi connectivity index (χ4n) is 1.10. The molecule has 0 radical (unpaired) electrons. The van der Waals surface area contributed by atoms with E-state index >= 15 is 0 Å². The lowest BCUT2D eigenvalue weighted by atomic mass is 10.5. The fourth-order valence-corrected chi connectivity index (χ4v) is 3.16. The number of rotatable bonds is 3. The van der Waals surface area contributed by atoms with Gasteiger partial charge in [-0.2, -0.15) is 0 Å². The summed E-state index contributed by atoms with van der Waals surface area (Å²) < 4.78 is 0. The molecule has 0 aliphatic heterocycles. The van der Waals surface area contributed by atoms with Crippen molar-refractivity contribution in [1.82, 2.24) is 15.0 Å². The minimum atomic E-state index is -0.134. The number of aromatic amines is 1. The Morgan fingerprint density at radius 1 is 1.62 bits per heavy atom. The van der Waals surface area contributed by atoms with Crippen LogP contribution in [-0.2, 0) is 5.75 Å². The Kier molecular flexibility index (Phi) is 3.63. The number of nitrogens with one attached hydrogen (secondary N) is 1. The zero-order valence-electron chi connectivity index (χ0n) is 8.36. The Bertz CT molecular complexity index is 552. The molecule has 0 fully saturated rings. The summed E-state index contributed by atoms with van der Waals surface area (Å²) in [6.07, 6.45) is 0. The first-order chi connectivity index (χ1) is 7.65. The average Bonchev–Trinajstić information content (AvgIpc) is 2.59. The van der Waals surface area contributed by atoms with E-state index in [4.69, 9.17) is 11.6 Å². The van der Waals surface area contributed by atoms with Gasteiger partial charge in [0.05, 0.1) is 10.4 Å². The predicted molar refractivity (Wildman–Crippen MR) is 66.3 cm³/mol. The summed E-state index contributed by atoms with van der Waals surface area (Å²) >= 11 is 8.80. The summed E-state index contributed by atoms with van der Waals surface area (Å²) in [6.45, 7) is 1.79. The van der Waals surface area contributed by atoms with E-state index in [0.29, 0.717) is 21.8 Å². The molecule has 0 spiro atoms. The molecule has 0 aliphatic carbocycles. The molecule has 0 amide bonds. The summed E-state index contributed by atoms with van der Waals surface area (Å²) in [4.78, 5) is 23.0. The Morgan fingerprint density at radius 2 is 2.44 bits per heavy atom. The van der Waals surface area contributed by atoms with Crippen LogP contribution in [0.1, 0.15) is 10.6 Å². The van der Waals surface area contributed by atoms with E-state index in [1.54, 1.807) is 12.4 Å². The molecule has 2 heterocycles. The number of aryl methyl sites for hydroxylation is 1. The average molecular weight is 274 g/mol. The molecule has 7 heteroatoms. The third-order valence-corrected chi connectivity index (χ3v) is 4.13. The highest BCUT2D eigenvalue weighted by Gasteiger charge is 2.05. The van der Waals surface area contributed by atoms with Gasteiger partial charge in [-0.05, 0) is 6.92 Å². The zero-order valence-corrected chi connectivity index (χ0v) is 10.7. The molecule has 2 aromatic heterocycles. The van der Waals surface area contributed by atoms with Crippen molar-refractivity contribution in [2.45, 2.75) is 17.8 Å². The lowest BCUT2D eigenvalue weighted by Gasteiger charge is -1.99. The van der Waals surface area contributed by atoms with Crippen LogP contribution >= 0.6 is 34.7 Å². The van der Waals surface area contributed by atoms with Gasteiger partial charge in [-0.15, -0.1) is 11.3 Å². The van der Waals surface area contributed by atoms with Crippen LogP contribution in [0.2, 0.25) is 5.15 Å². The van der Waals surface area contributed by atoms with E-state index in [9.17, 15) is 4.79 Å². The molecule has 0 aliphatic rings. The number of thiazole rings is 1. The van der Waals surface area contributed by atoms with Crippen molar-refractivity contribution in [2.75, 3.05) is 0 Å². The number of hydrogen-bond donors (Lipinski definition) is 1. The number of nitrogens with zero attached hydrogens (tertiary/aromatic N) is 2. The number of hydrogen-bond acceptors (Lipinski definition) is 5. The molecule has 16 heavy (non-hydrogen) atoms. The van der Waals surface area contributed by atoms with Crippen LogP contribution in [0.3, 0.4) is 0 Å². The highest BCUT2D eigenvalue weighted by atomic mass is 35.5. The maximum atomic E-state index is 11.2. The summed E-state index contributed by atoms with van der Waals surface area (Å²) in [5.41, 5.74) is 2.28. The van der Waals surface area contributed by atoms with Crippen molar-refractivity contribution in [3.63, 3.8) is 0 Å². The van der Waals surface area contributed by atoms with Gasteiger partial charge in [0.2, 0.25) is 0 Å². The monoisotopic (exact) mass is 273 g/mol. The zero-order chi connectivity index (χ0) is 11.5. The molecule has 0 aromatic carbocycles. The van der Waals surface area contributed by atoms with Crippen LogP contribution in [0.4, 0.5) is 0 Å². The first-order valence-electron chi connectivity index (χ1n) is 4.44. The Hall–Kier alpha value is -0.850. The summed E-state index contributed by atoms with van der Waals surface area (Å²) in [6, 6.07) is 1.46. The van der Waals surface area contributed by atoms with Crippen molar-refractivity contribution in [1.29, 1.82) is 0 Å². The lowest BCUT2D eigenvalue weighted by molar-refractivity contribution is 0.905. The second kappa shape index (κ2) is 4.99. The highest BCUT2D eigenvalue weighted by Crippen LogP contribution is 2.26. The summed E-state index contributed by atoms with van der Waals surface area (Å²) in [7, 11) is 0. The number of halogens is 1. The van der Waals surface area contributed by atoms with Gasteiger partial charge in [-0.3, -0.25) is 4.79 Å². The van der Waals surface area contributed by atoms with Crippen molar-refractivity contribution < 1.29 is 0 Å². The Balaban J connectivity index is 2.10. The highest BCUT2D eigenvalue weighted by molar-refractivity contribution is 7.98. The molecule has 0 atom stereocenters. The Morgan fingerprint density at radius 3 is 3.06 bits per heavy atom. The fraction of sp³-hybridized carbons (Fsp3) is 0.222. The third-order valence-electron chi connectivity index (χ3n) is 1.78. The molecule has 0 unspecified atom stereocenters. The maximum Gasteiger partial charge on any atom is 0.251 e. The first kappa shape index (κ1) is 11.6. The molecule has 0 bridgehead atoms. The van der Waals surface area contributed by atoms with Crippen molar-refractivity contribution in [2.24, 2.45) is 0 Å². The topological polar surface area (TPSA) is 58.6 Å². The van der Waals surface area contributed by atoms with Crippen LogP contribution < -0.4 is 5.56 Å². The van der Waals surface area contributed by atoms with Gasteiger partial charge in [0.15, 0.2) is 5.16 Å². The molecule has 2 aromatic rings. The van der Waals surface area contributed by atoms with Gasteiger partial charge in [0.25, 0.3) is 5.56 Å². The van der Waals surface area contributed by atoms with Crippen LogP contribution in [0.5, 0.6) is 0 Å². The van der Waals surface area contributed by atoms with Gasteiger partial charge in [-0.25, -0.2) is 9.97 Å². The summed E-state index contributed by atoms with van der Waals surface area (Å²) in [5, 5.41) is 1.13. The second-order valence-electron chi connectivity index (χ2n) is 3.05. The Labute approximate surface area is 105 Å². The predicted octanol–water partition coefficient (Wildman–Crippen LogP) is 2.48. The van der Waals surface area contributed by atoms with Crippen molar-refractivity contribution in [3.05, 3.63) is 37.7 Å². The molecule has 0 saturated heterocycles. The largest absolute Gasteiger partial charge is 0.301 e. The molecule has 84 valence electrons.